The summed E-state index contributed by atoms with van der Waals surface area (Å²) in [5.41, 5.74) is 5.11. The van der Waals surface area contributed by atoms with Crippen molar-refractivity contribution in [3.63, 3.8) is 0 Å². The van der Waals surface area contributed by atoms with E-state index in [1.54, 1.807) is 39.8 Å². The van der Waals surface area contributed by atoms with Gasteiger partial charge in [-0.15, -0.1) is 0 Å². The van der Waals surface area contributed by atoms with E-state index in [0.29, 0.717) is 38.5 Å². The van der Waals surface area contributed by atoms with E-state index in [0.717, 1.165) is 6.42 Å². The quantitative estimate of drug-likeness (QED) is 0.0777. The number of amides is 5. The molecule has 0 unspecified atom stereocenters. The Balaban J connectivity index is 1.30. The number of allylic oxidation sites excluding steroid dienone is 2. The van der Waals surface area contributed by atoms with Gasteiger partial charge in [0.2, 0.25) is 27.7 Å². The number of likely N-dealkylation sites (tertiary alicyclic amines) is 1. The molecular formula is C36H51N5O11S. The molecule has 1 aromatic carbocycles. The first-order valence-corrected chi connectivity index (χ1v) is 19.6. The van der Waals surface area contributed by atoms with Crippen LogP contribution in [0.1, 0.15) is 95.8 Å². The first-order valence-electron chi connectivity index (χ1n) is 18.0. The van der Waals surface area contributed by atoms with Crippen molar-refractivity contribution in [2.24, 2.45) is 17.6 Å². The molecule has 5 N–H and O–H groups in total. The van der Waals surface area contributed by atoms with Crippen LogP contribution >= 0.6 is 0 Å². The molecular weight excluding hydrogens is 710 g/mol. The standard InChI is InChI=1S/C36H51N5O11S/c1-5-50-33(45)25-14-11-12-15-27(25)38-34(46)51-23-20-29(30(37)42)41(21-23)32(44)28(39-35(47)52-36(2,3)4)16-10-8-6-7-9-13-22-19-26(22)31(43)40-53(48,49)24-17-18-24/h9,11-15,22-24,26,28-29H,5-8,10,16-21H2,1-4H3,(H2,37,42)(H,38,46)(H,39,47)(H,40,43)/b13-9-/t22-,23-,26+,28+,29+/m1/s1. The number of rotatable bonds is 17. The number of nitrogens with zero attached hydrogens (tertiary/aromatic N) is 1. The number of ether oxygens (including phenoxy) is 3. The van der Waals surface area contributed by atoms with E-state index in [-0.39, 0.29) is 49.1 Å². The number of benzene rings is 1. The van der Waals surface area contributed by atoms with Gasteiger partial charge in [-0.1, -0.05) is 37.1 Å². The smallest absolute Gasteiger partial charge is 0.411 e. The Morgan fingerprint density at radius 1 is 1.02 bits per heavy atom. The topological polar surface area (TPSA) is 230 Å². The van der Waals surface area contributed by atoms with Crippen molar-refractivity contribution in [3.05, 3.63) is 42.0 Å². The number of para-hydroxylation sites is 1. The maximum Gasteiger partial charge on any atom is 0.411 e. The summed E-state index contributed by atoms with van der Waals surface area (Å²) in [5, 5.41) is 4.69. The fourth-order valence-corrected chi connectivity index (χ4v) is 7.39. The fourth-order valence-electron chi connectivity index (χ4n) is 6.04. The van der Waals surface area contributed by atoms with Crippen LogP contribution in [0.25, 0.3) is 0 Å². The van der Waals surface area contributed by atoms with E-state index in [2.05, 4.69) is 15.4 Å². The zero-order valence-corrected chi connectivity index (χ0v) is 31.4. The molecule has 4 rings (SSSR count). The minimum Gasteiger partial charge on any atom is -0.462 e. The highest BCUT2D eigenvalue weighted by molar-refractivity contribution is 7.90. The minimum absolute atomic E-state index is 0.00221. The van der Waals surface area contributed by atoms with Gasteiger partial charge in [0.15, 0.2) is 0 Å². The summed E-state index contributed by atoms with van der Waals surface area (Å²) in [6.07, 6.45) is 5.85. The van der Waals surface area contributed by atoms with E-state index >= 15 is 0 Å². The molecule has 2 aliphatic carbocycles. The number of esters is 1. The number of anilines is 1. The van der Waals surface area contributed by atoms with Crippen LogP contribution in [0.4, 0.5) is 15.3 Å². The maximum atomic E-state index is 13.9. The van der Waals surface area contributed by atoms with E-state index in [4.69, 9.17) is 19.9 Å². The van der Waals surface area contributed by atoms with Gasteiger partial charge in [-0.3, -0.25) is 24.4 Å². The molecule has 0 radical (unpaired) electrons. The van der Waals surface area contributed by atoms with Gasteiger partial charge in [0, 0.05) is 12.3 Å². The van der Waals surface area contributed by atoms with Crippen molar-refractivity contribution < 1.29 is 51.4 Å². The lowest BCUT2D eigenvalue weighted by Crippen LogP contribution is -2.53. The largest absolute Gasteiger partial charge is 0.462 e. The van der Waals surface area contributed by atoms with Crippen LogP contribution in [0, 0.1) is 11.8 Å². The molecule has 17 heteroatoms. The van der Waals surface area contributed by atoms with Gasteiger partial charge in [0.05, 0.1) is 29.7 Å². The van der Waals surface area contributed by atoms with E-state index in [1.807, 2.05) is 12.2 Å². The summed E-state index contributed by atoms with van der Waals surface area (Å²) >= 11 is 0. The predicted molar refractivity (Wildman–Crippen MR) is 193 cm³/mol. The van der Waals surface area contributed by atoms with Crippen molar-refractivity contribution in [1.29, 1.82) is 0 Å². The van der Waals surface area contributed by atoms with Gasteiger partial charge in [0.25, 0.3) is 0 Å². The zero-order chi connectivity index (χ0) is 38.9. The molecule has 1 aliphatic heterocycles. The highest BCUT2D eigenvalue weighted by Crippen LogP contribution is 2.40. The van der Waals surface area contributed by atoms with Crippen molar-refractivity contribution in [2.45, 2.75) is 115 Å². The average Bonchev–Trinajstić information content (AvgIpc) is 4.00. The van der Waals surface area contributed by atoms with Crippen LogP contribution in [0.15, 0.2) is 36.4 Å². The molecule has 0 bridgehead atoms. The Labute approximate surface area is 309 Å². The predicted octanol–water partition coefficient (Wildman–Crippen LogP) is 3.51. The first kappa shape index (κ1) is 41.1. The highest BCUT2D eigenvalue weighted by Gasteiger charge is 2.45. The number of primary amides is 1. The van der Waals surface area contributed by atoms with Crippen molar-refractivity contribution in [1.82, 2.24) is 14.9 Å². The number of carbonyl (C=O) groups is 6. The first-order chi connectivity index (χ1) is 25.0. The van der Waals surface area contributed by atoms with Gasteiger partial charge in [-0.05, 0) is 84.3 Å². The Morgan fingerprint density at radius 2 is 1.74 bits per heavy atom. The third-order valence-corrected chi connectivity index (χ3v) is 10.8. The molecule has 0 aromatic heterocycles. The Hall–Kier alpha value is -4.67. The fraction of sp³-hybridized carbons (Fsp3) is 0.611. The molecule has 2 saturated carbocycles. The van der Waals surface area contributed by atoms with Crippen LogP contribution in [-0.4, -0.2) is 91.4 Å². The Morgan fingerprint density at radius 3 is 2.40 bits per heavy atom. The van der Waals surface area contributed by atoms with Crippen LogP contribution in [0.5, 0.6) is 0 Å². The zero-order valence-electron chi connectivity index (χ0n) is 30.6. The molecule has 3 fully saturated rings. The summed E-state index contributed by atoms with van der Waals surface area (Å²) in [5.74, 6) is -2.81. The van der Waals surface area contributed by atoms with Gasteiger partial charge in [-0.25, -0.2) is 22.8 Å². The number of alkyl carbamates (subject to hydrolysis) is 1. The number of hydrogen-bond donors (Lipinski definition) is 4. The van der Waals surface area contributed by atoms with Crippen LogP contribution in [-0.2, 0) is 38.6 Å². The number of unbranched alkanes of at least 4 members (excludes halogenated alkanes) is 3. The SMILES string of the molecule is CCOC(=O)c1ccccc1NC(=O)O[C@@H]1C[C@@H](C(N)=O)N(C(=O)[C@H](CCCCC/C=C\[C@@H]2C[C@@H]2C(=O)NS(=O)(=O)C2CC2)NC(=O)OC(C)(C)C)C1. The van der Waals surface area contributed by atoms with Gasteiger partial charge >= 0.3 is 18.2 Å². The minimum atomic E-state index is -3.56. The van der Waals surface area contributed by atoms with Crippen molar-refractivity contribution in [3.8, 4) is 0 Å². The lowest BCUT2D eigenvalue weighted by Gasteiger charge is -2.28. The van der Waals surface area contributed by atoms with E-state index in [9.17, 15) is 37.2 Å². The molecule has 5 amide bonds. The third kappa shape index (κ3) is 12.5. The second kappa shape index (κ2) is 17.9. The molecule has 292 valence electrons. The van der Waals surface area contributed by atoms with Crippen LogP contribution < -0.4 is 21.1 Å². The summed E-state index contributed by atoms with van der Waals surface area (Å²) in [6, 6.07) is 4.04. The lowest BCUT2D eigenvalue weighted by molar-refractivity contribution is -0.139. The number of sulfonamides is 1. The van der Waals surface area contributed by atoms with Gasteiger partial charge < -0.3 is 30.2 Å². The summed E-state index contributed by atoms with van der Waals surface area (Å²) in [7, 11) is -3.56. The van der Waals surface area contributed by atoms with E-state index < -0.39 is 74.9 Å². The molecule has 16 nitrogen and oxygen atoms in total. The Bertz CT molecular complexity index is 1670. The normalized spacial score (nSPS) is 21.7. The molecule has 3 aliphatic rings. The molecule has 53 heavy (non-hydrogen) atoms. The summed E-state index contributed by atoms with van der Waals surface area (Å²) in [4.78, 5) is 77.8. The van der Waals surface area contributed by atoms with Crippen LogP contribution in [0.2, 0.25) is 0 Å². The average molecular weight is 762 g/mol. The molecule has 1 aromatic rings. The summed E-state index contributed by atoms with van der Waals surface area (Å²) < 4.78 is 42.2. The van der Waals surface area contributed by atoms with Crippen molar-refractivity contribution >= 4 is 51.6 Å². The number of nitrogens with two attached hydrogens (primary N) is 1. The third-order valence-electron chi connectivity index (χ3n) is 8.93. The monoisotopic (exact) mass is 761 g/mol. The number of carbonyl (C=O) groups excluding carboxylic acids is 6. The van der Waals surface area contributed by atoms with Crippen molar-refractivity contribution in [2.75, 3.05) is 18.5 Å². The molecule has 0 spiro atoms. The van der Waals surface area contributed by atoms with Gasteiger partial charge in [0.1, 0.15) is 23.8 Å². The second-order valence-corrected chi connectivity index (χ2v) is 16.5. The van der Waals surface area contributed by atoms with E-state index in [1.165, 1.54) is 17.0 Å². The van der Waals surface area contributed by atoms with Crippen LogP contribution in [0.3, 0.4) is 0 Å². The highest BCUT2D eigenvalue weighted by atomic mass is 32.2. The number of nitrogens with one attached hydrogen (secondary N) is 3. The number of hydrogen-bond acceptors (Lipinski definition) is 11. The maximum absolute atomic E-state index is 13.9. The molecule has 1 heterocycles. The second-order valence-electron chi connectivity index (χ2n) is 14.5. The Kier molecular flexibility index (Phi) is 13.9. The van der Waals surface area contributed by atoms with Gasteiger partial charge in [-0.2, -0.15) is 0 Å². The summed E-state index contributed by atoms with van der Waals surface area (Å²) in [6.45, 7) is 6.69. The molecule has 1 saturated heterocycles. The molecule has 5 atom stereocenters. The lowest BCUT2D eigenvalue weighted by atomic mass is 10.0.